The molecule has 8 rings (SSSR count). The van der Waals surface area contributed by atoms with E-state index < -0.39 is 0 Å². The molecule has 206 valence electrons. The second-order valence-electron chi connectivity index (χ2n) is 9.81. The van der Waals surface area contributed by atoms with Crippen molar-refractivity contribution in [2.75, 3.05) is 0 Å². The van der Waals surface area contributed by atoms with E-state index in [0.717, 1.165) is 0 Å². The summed E-state index contributed by atoms with van der Waals surface area (Å²) in [5.74, 6) is 0. The lowest BCUT2D eigenvalue weighted by Crippen LogP contribution is -1.94. The Hall–Kier alpha value is -5.08. The lowest BCUT2D eigenvalue weighted by atomic mass is 10.1. The summed E-state index contributed by atoms with van der Waals surface area (Å²) < 4.78 is 4.80. The van der Waals surface area contributed by atoms with Crippen molar-refractivity contribution in [3.8, 4) is 22.5 Å². The normalized spacial score (nSPS) is 10.9. The van der Waals surface area contributed by atoms with Gasteiger partial charge in [-0.2, -0.15) is 0 Å². The van der Waals surface area contributed by atoms with Crippen molar-refractivity contribution in [1.82, 2.24) is 9.13 Å². The van der Waals surface area contributed by atoms with Crippen LogP contribution in [0.5, 0.6) is 0 Å². The van der Waals surface area contributed by atoms with Crippen molar-refractivity contribution < 1.29 is 0 Å². The molecule has 0 unspecified atom stereocenters. The molecule has 2 heterocycles. The minimum absolute atomic E-state index is 1.17. The molecule has 0 fully saturated rings. The van der Waals surface area contributed by atoms with Gasteiger partial charge in [-0.3, -0.25) is 0 Å². The van der Waals surface area contributed by atoms with Crippen LogP contribution in [0.15, 0.2) is 146 Å². The Morgan fingerprint density at radius 2 is 0.690 bits per heavy atom. The second-order valence-corrected chi connectivity index (χ2v) is 9.81. The predicted molar refractivity (Wildman–Crippen MR) is 183 cm³/mol. The van der Waals surface area contributed by atoms with Gasteiger partial charge in [0, 0.05) is 32.9 Å². The molecule has 0 aliphatic rings. The van der Waals surface area contributed by atoms with E-state index >= 15 is 0 Å². The summed E-state index contributed by atoms with van der Waals surface area (Å²) >= 11 is 0. The van der Waals surface area contributed by atoms with E-state index in [2.05, 4.69) is 155 Å². The summed E-state index contributed by atoms with van der Waals surface area (Å²) in [6, 6.07) is 52.3. The number of nitrogens with zero attached hydrogens (tertiary/aromatic N) is 2. The quantitative estimate of drug-likeness (QED) is 0.209. The van der Waals surface area contributed by atoms with Crippen LogP contribution in [0.1, 0.15) is 27.7 Å². The molecule has 0 aliphatic carbocycles. The van der Waals surface area contributed by atoms with Gasteiger partial charge in [0.25, 0.3) is 0 Å². The molecule has 0 bridgehead atoms. The van der Waals surface area contributed by atoms with Crippen LogP contribution in [0.2, 0.25) is 0 Å². The van der Waals surface area contributed by atoms with Gasteiger partial charge in [-0.15, -0.1) is 0 Å². The molecule has 2 heteroatoms. The Kier molecular flexibility index (Phi) is 7.62. The zero-order valence-electron chi connectivity index (χ0n) is 24.8. The van der Waals surface area contributed by atoms with Gasteiger partial charge in [-0.1, -0.05) is 125 Å². The number of fused-ring (bicyclic) bond motifs is 7. The number of hydrogen-bond acceptors (Lipinski definition) is 0. The van der Waals surface area contributed by atoms with Gasteiger partial charge < -0.3 is 9.13 Å². The standard InChI is InChI=1S/C36H24N2.2C2H6/c1-3-11-25(12-4-1)26-19-21-28(22-20-26)38-32-18-10-8-16-30(32)36-34(38)24-23-33-35(36)29-15-7-9-17-31(29)37(33)27-13-5-2-6-14-27;2*1-2/h1-24H;2*1-2H3. The molecular weight excluding hydrogens is 508 g/mol. The highest BCUT2D eigenvalue weighted by atomic mass is 15.0. The minimum atomic E-state index is 1.17. The van der Waals surface area contributed by atoms with E-state index in [1.165, 1.54) is 66.1 Å². The third-order valence-electron chi connectivity index (χ3n) is 7.72. The first-order valence-electron chi connectivity index (χ1n) is 15.0. The van der Waals surface area contributed by atoms with E-state index in [1.807, 2.05) is 27.7 Å². The largest absolute Gasteiger partial charge is 0.309 e. The van der Waals surface area contributed by atoms with Gasteiger partial charge in [-0.05, 0) is 59.7 Å². The number of para-hydroxylation sites is 3. The average molecular weight is 545 g/mol. The molecule has 0 saturated carbocycles. The fraction of sp³-hybridized carbons (Fsp3) is 0.100. The predicted octanol–water partition coefficient (Wildman–Crippen LogP) is 11.6. The molecule has 2 nitrogen and oxygen atoms in total. The fourth-order valence-corrected chi connectivity index (χ4v) is 6.09. The topological polar surface area (TPSA) is 9.86 Å². The summed E-state index contributed by atoms with van der Waals surface area (Å²) in [7, 11) is 0. The van der Waals surface area contributed by atoms with E-state index in [1.54, 1.807) is 0 Å². The first-order chi connectivity index (χ1) is 20.9. The van der Waals surface area contributed by atoms with E-state index in [4.69, 9.17) is 0 Å². The zero-order valence-corrected chi connectivity index (χ0v) is 24.8. The minimum Gasteiger partial charge on any atom is -0.309 e. The Labute approximate surface area is 248 Å². The van der Waals surface area contributed by atoms with Crippen molar-refractivity contribution in [2.45, 2.75) is 27.7 Å². The summed E-state index contributed by atoms with van der Waals surface area (Å²) in [6.45, 7) is 8.00. The SMILES string of the molecule is CC.CC.c1ccc(-c2ccc(-n3c4ccccc4c4c5c6ccccc6n(-c6ccccc6)c5ccc43)cc2)cc1. The summed E-state index contributed by atoms with van der Waals surface area (Å²) in [5.41, 5.74) is 9.71. The van der Waals surface area contributed by atoms with Crippen molar-refractivity contribution in [1.29, 1.82) is 0 Å². The number of benzene rings is 6. The maximum absolute atomic E-state index is 2.41. The van der Waals surface area contributed by atoms with E-state index in [9.17, 15) is 0 Å². The highest BCUT2D eigenvalue weighted by Crippen LogP contribution is 2.42. The Balaban J connectivity index is 0.000000759. The van der Waals surface area contributed by atoms with Crippen molar-refractivity contribution in [3.63, 3.8) is 0 Å². The highest BCUT2D eigenvalue weighted by Gasteiger charge is 2.20. The highest BCUT2D eigenvalue weighted by molar-refractivity contribution is 6.28. The molecule has 42 heavy (non-hydrogen) atoms. The van der Waals surface area contributed by atoms with Crippen LogP contribution in [0.3, 0.4) is 0 Å². The maximum Gasteiger partial charge on any atom is 0.0548 e. The van der Waals surface area contributed by atoms with Gasteiger partial charge in [-0.25, -0.2) is 0 Å². The van der Waals surface area contributed by atoms with Crippen LogP contribution in [0, 0.1) is 0 Å². The smallest absolute Gasteiger partial charge is 0.0548 e. The molecule has 0 amide bonds. The van der Waals surface area contributed by atoms with Gasteiger partial charge in [0.2, 0.25) is 0 Å². The first-order valence-corrected chi connectivity index (χ1v) is 15.0. The molecule has 0 saturated heterocycles. The summed E-state index contributed by atoms with van der Waals surface area (Å²) in [5, 5.41) is 5.16. The van der Waals surface area contributed by atoms with Crippen molar-refractivity contribution >= 4 is 43.6 Å². The van der Waals surface area contributed by atoms with Gasteiger partial charge in [0.15, 0.2) is 0 Å². The van der Waals surface area contributed by atoms with Crippen LogP contribution in [0.25, 0.3) is 66.1 Å². The van der Waals surface area contributed by atoms with Gasteiger partial charge in [0.1, 0.15) is 0 Å². The van der Waals surface area contributed by atoms with Crippen LogP contribution in [0.4, 0.5) is 0 Å². The van der Waals surface area contributed by atoms with E-state index in [0.29, 0.717) is 0 Å². The molecule has 0 atom stereocenters. The third kappa shape index (κ3) is 4.37. The Bertz CT molecular complexity index is 2100. The van der Waals surface area contributed by atoms with Crippen molar-refractivity contribution in [3.05, 3.63) is 146 Å². The van der Waals surface area contributed by atoms with E-state index in [-0.39, 0.29) is 0 Å². The molecular formula is C40H36N2. The van der Waals surface area contributed by atoms with Gasteiger partial charge in [0.05, 0.1) is 22.1 Å². The number of hydrogen-bond donors (Lipinski definition) is 0. The van der Waals surface area contributed by atoms with Crippen LogP contribution in [-0.2, 0) is 0 Å². The van der Waals surface area contributed by atoms with Crippen LogP contribution in [-0.4, -0.2) is 9.13 Å². The Morgan fingerprint density at radius 3 is 1.19 bits per heavy atom. The van der Waals surface area contributed by atoms with Crippen molar-refractivity contribution in [2.24, 2.45) is 0 Å². The summed E-state index contributed by atoms with van der Waals surface area (Å²) in [6.07, 6.45) is 0. The number of rotatable bonds is 3. The lowest BCUT2D eigenvalue weighted by molar-refractivity contribution is 1.17. The number of aromatic nitrogens is 2. The summed E-state index contributed by atoms with van der Waals surface area (Å²) in [4.78, 5) is 0. The lowest BCUT2D eigenvalue weighted by Gasteiger charge is -2.10. The first kappa shape index (κ1) is 27.1. The monoisotopic (exact) mass is 544 g/mol. The van der Waals surface area contributed by atoms with Gasteiger partial charge >= 0.3 is 0 Å². The molecule has 2 aromatic heterocycles. The third-order valence-corrected chi connectivity index (χ3v) is 7.72. The molecule has 8 aromatic rings. The molecule has 6 aromatic carbocycles. The van der Waals surface area contributed by atoms with Crippen LogP contribution >= 0.6 is 0 Å². The maximum atomic E-state index is 2.41. The fourth-order valence-electron chi connectivity index (χ4n) is 6.09. The molecule has 0 aliphatic heterocycles. The average Bonchev–Trinajstić information content (AvgIpc) is 3.60. The van der Waals surface area contributed by atoms with Crippen LogP contribution < -0.4 is 0 Å². The Morgan fingerprint density at radius 1 is 0.310 bits per heavy atom. The molecule has 0 N–H and O–H groups in total. The molecule has 0 spiro atoms. The zero-order chi connectivity index (χ0) is 29.1. The molecule has 0 radical (unpaired) electrons. The second kappa shape index (κ2) is 11.8.